The summed E-state index contributed by atoms with van der Waals surface area (Å²) in [5.74, 6) is 0.304. The van der Waals surface area contributed by atoms with Crippen molar-refractivity contribution in [2.75, 3.05) is 70.9 Å². The van der Waals surface area contributed by atoms with Crippen LogP contribution in [0.3, 0.4) is 0 Å². The van der Waals surface area contributed by atoms with Gasteiger partial charge in [0.2, 0.25) is 15.9 Å². The average Bonchev–Trinajstić information content (AvgIpc) is 2.96. The van der Waals surface area contributed by atoms with Gasteiger partial charge >= 0.3 is 0 Å². The molecule has 0 aliphatic carbocycles. The molecule has 0 unspecified atom stereocenters. The number of sulfonamides is 1. The van der Waals surface area contributed by atoms with E-state index in [2.05, 4.69) is 23.6 Å². The first-order valence-electron chi connectivity index (χ1n) is 14.2. The highest BCUT2D eigenvalue weighted by Crippen LogP contribution is 2.25. The number of benzene rings is 2. The molecule has 2 aromatic rings. The summed E-state index contributed by atoms with van der Waals surface area (Å²) in [5, 5.41) is 0. The minimum Gasteiger partial charge on any atom is -0.333 e. The number of anilines is 1. The Kier molecular flexibility index (Phi) is 9.99. The third-order valence-electron chi connectivity index (χ3n) is 7.68. The molecule has 2 aromatic carbocycles. The number of para-hydroxylation sites is 1. The van der Waals surface area contributed by atoms with Crippen LogP contribution in [0.15, 0.2) is 53.4 Å². The highest BCUT2D eigenvalue weighted by atomic mass is 32.2. The topological polar surface area (TPSA) is 84.5 Å². The van der Waals surface area contributed by atoms with Crippen molar-refractivity contribution in [1.29, 1.82) is 0 Å². The third-order valence-corrected chi connectivity index (χ3v) is 9.59. The number of hydrogen-bond donors (Lipinski definition) is 0. The van der Waals surface area contributed by atoms with Crippen molar-refractivity contribution < 1.29 is 18.0 Å². The van der Waals surface area contributed by atoms with Gasteiger partial charge in [-0.25, -0.2) is 8.42 Å². The monoisotopic (exact) mass is 569 g/mol. The van der Waals surface area contributed by atoms with E-state index in [4.69, 9.17) is 0 Å². The molecule has 2 aliphatic heterocycles. The number of piperazine rings is 1. The highest BCUT2D eigenvalue weighted by molar-refractivity contribution is 7.89. The fraction of sp³-hybridized carbons (Fsp3) is 0.533. The fourth-order valence-electron chi connectivity index (χ4n) is 5.47. The summed E-state index contributed by atoms with van der Waals surface area (Å²) < 4.78 is 27.9. The molecule has 0 spiro atoms. The zero-order valence-corrected chi connectivity index (χ0v) is 25.1. The summed E-state index contributed by atoms with van der Waals surface area (Å²) in [4.78, 5) is 34.8. The Morgan fingerprint density at radius 1 is 0.850 bits per heavy atom. The van der Waals surface area contributed by atoms with E-state index in [0.717, 1.165) is 37.3 Å². The molecule has 9 nitrogen and oxygen atoms in total. The van der Waals surface area contributed by atoms with Gasteiger partial charge in [-0.3, -0.25) is 9.59 Å². The summed E-state index contributed by atoms with van der Waals surface area (Å²) in [6.07, 6.45) is 0.845. The van der Waals surface area contributed by atoms with E-state index in [-0.39, 0.29) is 16.7 Å². The van der Waals surface area contributed by atoms with Crippen LogP contribution >= 0.6 is 0 Å². The number of carbonyl (C=O) groups excluding carboxylic acids is 2. The van der Waals surface area contributed by atoms with Gasteiger partial charge < -0.3 is 19.6 Å². The average molecular weight is 570 g/mol. The predicted molar refractivity (Wildman–Crippen MR) is 158 cm³/mol. The first-order valence-corrected chi connectivity index (χ1v) is 15.7. The molecule has 0 N–H and O–H groups in total. The Balaban J connectivity index is 1.60. The molecule has 0 saturated carbocycles. The van der Waals surface area contributed by atoms with Crippen LogP contribution in [0, 0.1) is 5.92 Å². The first kappa shape index (κ1) is 30.2. The number of hydrogen-bond acceptors (Lipinski definition) is 6. The van der Waals surface area contributed by atoms with Gasteiger partial charge in [0, 0.05) is 77.1 Å². The van der Waals surface area contributed by atoms with Crippen molar-refractivity contribution in [2.24, 2.45) is 5.92 Å². The molecule has 218 valence electrons. The van der Waals surface area contributed by atoms with Crippen LogP contribution < -0.4 is 4.90 Å². The molecule has 4 rings (SSSR count). The molecule has 0 radical (unpaired) electrons. The summed E-state index contributed by atoms with van der Waals surface area (Å²) in [5.41, 5.74) is 2.19. The Bertz CT molecular complexity index is 1270. The molecule has 10 heteroatoms. The Labute approximate surface area is 239 Å². The van der Waals surface area contributed by atoms with Crippen molar-refractivity contribution in [2.45, 2.75) is 38.6 Å². The predicted octanol–water partition coefficient (Wildman–Crippen LogP) is 2.98. The largest absolute Gasteiger partial charge is 0.333 e. The van der Waals surface area contributed by atoms with Crippen LogP contribution in [0.2, 0.25) is 0 Å². The Morgan fingerprint density at radius 2 is 1.52 bits per heavy atom. The third kappa shape index (κ3) is 7.28. The molecule has 0 atom stereocenters. The lowest BCUT2D eigenvalue weighted by Crippen LogP contribution is -2.47. The minimum absolute atomic E-state index is 0.0165. The second kappa shape index (κ2) is 13.2. The lowest BCUT2D eigenvalue weighted by Gasteiger charge is -2.31. The smallest absolute Gasteiger partial charge is 0.254 e. The van der Waals surface area contributed by atoms with Gasteiger partial charge in [0.1, 0.15) is 0 Å². The molecular formula is C30H43N5O4S. The van der Waals surface area contributed by atoms with Gasteiger partial charge in [-0.05, 0) is 61.8 Å². The van der Waals surface area contributed by atoms with Crippen molar-refractivity contribution in [3.05, 3.63) is 59.7 Å². The van der Waals surface area contributed by atoms with Gasteiger partial charge in [0.25, 0.3) is 5.91 Å². The van der Waals surface area contributed by atoms with Crippen molar-refractivity contribution in [1.82, 2.24) is 19.0 Å². The number of rotatable bonds is 5. The second-order valence-corrected chi connectivity index (χ2v) is 13.2. The summed E-state index contributed by atoms with van der Waals surface area (Å²) in [7, 11) is -1.63. The van der Waals surface area contributed by atoms with E-state index in [1.54, 1.807) is 31.2 Å². The van der Waals surface area contributed by atoms with Crippen LogP contribution in [0.4, 0.5) is 5.69 Å². The summed E-state index contributed by atoms with van der Waals surface area (Å²) in [6, 6.07) is 14.1. The standard InChI is InChI=1S/C30H43N5O4S/c1-24(2)22-32-14-7-15-35(25(3)36)29-9-6-5-8-27(29)23-33(19-18-32)30(37)26-10-12-28(13-11-26)40(38,39)34-20-16-31(4)17-21-34/h5-6,8-13,24H,7,14-23H2,1-4H3. The maximum Gasteiger partial charge on any atom is 0.254 e. The van der Waals surface area contributed by atoms with E-state index in [9.17, 15) is 18.0 Å². The number of amides is 2. The van der Waals surface area contributed by atoms with E-state index in [0.29, 0.717) is 57.3 Å². The van der Waals surface area contributed by atoms with Crippen molar-refractivity contribution in [3.63, 3.8) is 0 Å². The van der Waals surface area contributed by atoms with E-state index in [1.165, 1.54) is 4.31 Å². The number of fused-ring (bicyclic) bond motifs is 1. The van der Waals surface area contributed by atoms with Gasteiger partial charge in [0.05, 0.1) is 4.90 Å². The SMILES string of the molecule is CC(=O)N1CCCN(CC(C)C)CCN(C(=O)c2ccc(S(=O)(=O)N3CCN(C)CC3)cc2)Cc2ccccc21. The first-order chi connectivity index (χ1) is 19.1. The lowest BCUT2D eigenvalue weighted by molar-refractivity contribution is -0.116. The van der Waals surface area contributed by atoms with Gasteiger partial charge in [-0.2, -0.15) is 4.31 Å². The van der Waals surface area contributed by atoms with E-state index < -0.39 is 10.0 Å². The van der Waals surface area contributed by atoms with Crippen LogP contribution in [0.1, 0.15) is 43.1 Å². The zero-order chi connectivity index (χ0) is 28.9. The zero-order valence-electron chi connectivity index (χ0n) is 24.3. The van der Waals surface area contributed by atoms with Gasteiger partial charge in [-0.1, -0.05) is 32.0 Å². The molecule has 1 saturated heterocycles. The number of likely N-dealkylation sites (N-methyl/N-ethyl adjacent to an activating group) is 1. The Hall–Kier alpha value is -2.79. The second-order valence-electron chi connectivity index (χ2n) is 11.3. The van der Waals surface area contributed by atoms with Crippen molar-refractivity contribution >= 4 is 27.5 Å². The molecule has 2 aliphatic rings. The summed E-state index contributed by atoms with van der Waals surface area (Å²) in [6.45, 7) is 12.2. The molecule has 2 amide bonds. The molecule has 2 heterocycles. The van der Waals surface area contributed by atoms with E-state index in [1.807, 2.05) is 41.1 Å². The maximum atomic E-state index is 13.9. The highest BCUT2D eigenvalue weighted by Gasteiger charge is 2.28. The van der Waals surface area contributed by atoms with Crippen LogP contribution in [-0.4, -0.2) is 105 Å². The minimum atomic E-state index is -3.61. The molecule has 0 bridgehead atoms. The van der Waals surface area contributed by atoms with Gasteiger partial charge in [0.15, 0.2) is 0 Å². The summed E-state index contributed by atoms with van der Waals surface area (Å²) >= 11 is 0. The molecule has 0 aromatic heterocycles. The van der Waals surface area contributed by atoms with Crippen LogP contribution in [0.5, 0.6) is 0 Å². The molecular weight excluding hydrogens is 526 g/mol. The Morgan fingerprint density at radius 3 is 2.17 bits per heavy atom. The number of nitrogens with zero attached hydrogens (tertiary/aromatic N) is 5. The van der Waals surface area contributed by atoms with Crippen molar-refractivity contribution in [3.8, 4) is 0 Å². The van der Waals surface area contributed by atoms with Crippen LogP contribution in [0.25, 0.3) is 0 Å². The van der Waals surface area contributed by atoms with E-state index >= 15 is 0 Å². The maximum absolute atomic E-state index is 13.9. The fourth-order valence-corrected chi connectivity index (χ4v) is 6.89. The van der Waals surface area contributed by atoms with Gasteiger partial charge in [-0.15, -0.1) is 0 Å². The molecule has 1 fully saturated rings. The molecule has 40 heavy (non-hydrogen) atoms. The number of carbonyl (C=O) groups is 2. The van der Waals surface area contributed by atoms with Crippen LogP contribution in [-0.2, 0) is 21.4 Å². The quantitative estimate of drug-likeness (QED) is 0.551. The lowest BCUT2D eigenvalue weighted by atomic mass is 10.1. The normalized spacial score (nSPS) is 18.8.